The Kier molecular flexibility index (Phi) is 22.6. The first-order chi connectivity index (χ1) is 43.2. The average Bonchev–Trinajstić information content (AvgIpc) is 1.89. The molecule has 12 aromatic heterocycles. The predicted octanol–water partition coefficient (Wildman–Crippen LogP) is 17.4. The van der Waals surface area contributed by atoms with Gasteiger partial charge in [-0.25, -0.2) is 19.9 Å². The molecule has 14 rings (SSSR count). The molecule has 0 fully saturated rings. The Morgan fingerprint density at radius 1 is 0.178 bits per heavy atom. The summed E-state index contributed by atoms with van der Waals surface area (Å²) in [6.45, 7) is 8.30. The van der Waals surface area contributed by atoms with Crippen molar-refractivity contribution in [2.75, 3.05) is 0 Å². The Bertz CT molecular complexity index is 3970. The topological polar surface area (TPSA) is 155 Å². The van der Waals surface area contributed by atoms with E-state index < -0.39 is 0 Å². The summed E-state index contributed by atoms with van der Waals surface area (Å²) in [6.07, 6.45) is 14.3. The molecule has 0 spiro atoms. The second-order valence-corrected chi connectivity index (χ2v) is 20.5. The Balaban J connectivity index is 0.000000142. The fourth-order valence-corrected chi connectivity index (χ4v) is 9.39. The molecule has 0 aliphatic rings. The summed E-state index contributed by atoms with van der Waals surface area (Å²) < 4.78 is 0. The van der Waals surface area contributed by atoms with Crippen molar-refractivity contribution in [1.29, 1.82) is 0 Å². The normalized spacial score (nSPS) is 10.3. The van der Waals surface area contributed by atoms with Crippen LogP contribution in [0.5, 0.6) is 0 Å². The van der Waals surface area contributed by atoms with Crippen LogP contribution in [-0.4, -0.2) is 59.8 Å². The van der Waals surface area contributed by atoms with Gasteiger partial charge in [-0.3, -0.25) is 39.9 Å². The number of benzene rings is 2. The fraction of sp³-hybridized carbons (Fsp3) is 0.0526. The van der Waals surface area contributed by atoms with E-state index in [1.54, 1.807) is 49.6 Å². The van der Waals surface area contributed by atoms with E-state index in [-0.39, 0.29) is 36.5 Å². The van der Waals surface area contributed by atoms with E-state index >= 15 is 0 Å². The van der Waals surface area contributed by atoms with E-state index in [1.165, 1.54) is 11.1 Å². The van der Waals surface area contributed by atoms with Crippen LogP contribution >= 0.6 is 0 Å². The molecule has 12 heterocycles. The van der Waals surface area contributed by atoms with Crippen molar-refractivity contribution in [2.45, 2.75) is 27.7 Å². The van der Waals surface area contributed by atoms with E-state index in [0.717, 1.165) is 124 Å². The summed E-state index contributed by atoms with van der Waals surface area (Å²) in [4.78, 5) is 54.0. The second-order valence-electron chi connectivity index (χ2n) is 20.5. The van der Waals surface area contributed by atoms with Crippen molar-refractivity contribution in [1.82, 2.24) is 59.8 Å². The Labute approximate surface area is 548 Å². The first kappa shape index (κ1) is 63.9. The molecular formula is C76H60FeN12Zn. The molecule has 2 aromatic carbocycles. The van der Waals surface area contributed by atoms with Crippen molar-refractivity contribution in [2.24, 2.45) is 0 Å². The molecule has 0 N–H and O–H groups in total. The summed E-state index contributed by atoms with van der Waals surface area (Å²) in [5, 5.41) is 0. The Morgan fingerprint density at radius 2 is 0.356 bits per heavy atom. The molecule has 0 aliphatic carbocycles. The zero-order valence-electron chi connectivity index (χ0n) is 50.1. The minimum atomic E-state index is 0. The molecule has 12 nitrogen and oxygen atoms in total. The quantitative estimate of drug-likeness (QED) is 0.120. The molecule has 14 heteroatoms. The van der Waals surface area contributed by atoms with Crippen molar-refractivity contribution in [3.63, 3.8) is 0 Å². The van der Waals surface area contributed by atoms with Gasteiger partial charge in [0, 0.05) is 86.1 Å². The summed E-state index contributed by atoms with van der Waals surface area (Å²) in [6, 6.07) is 80.3. The molecule has 434 valence electrons. The average molecular weight is 1260 g/mol. The van der Waals surface area contributed by atoms with Gasteiger partial charge in [-0.2, -0.15) is 0 Å². The maximum Gasteiger partial charge on any atom is 0.0900 e. The minimum absolute atomic E-state index is 0. The van der Waals surface area contributed by atoms with Crippen LogP contribution in [-0.2, 0) is 36.5 Å². The van der Waals surface area contributed by atoms with E-state index in [9.17, 15) is 0 Å². The van der Waals surface area contributed by atoms with Crippen molar-refractivity contribution in [3.8, 4) is 113 Å². The maximum atomic E-state index is 4.79. The zero-order chi connectivity index (χ0) is 60.3. The number of rotatable bonds is 10. The van der Waals surface area contributed by atoms with Gasteiger partial charge in [0.2, 0.25) is 0 Å². The first-order valence-electron chi connectivity index (χ1n) is 28.7. The Morgan fingerprint density at radius 3 is 0.522 bits per heavy atom. The van der Waals surface area contributed by atoms with Gasteiger partial charge in [-0.15, -0.1) is 0 Å². The molecular weight excluding hydrogens is 1200 g/mol. The number of hydrogen-bond donors (Lipinski definition) is 0. The number of nitrogens with zero attached hydrogens (tertiary/aromatic N) is 12. The third kappa shape index (κ3) is 17.3. The molecule has 14 aromatic rings. The molecule has 0 bridgehead atoms. The monoisotopic (exact) mass is 1260 g/mol. The summed E-state index contributed by atoms with van der Waals surface area (Å²) in [5.74, 6) is 0. The molecule has 0 atom stereocenters. The van der Waals surface area contributed by atoms with Crippen LogP contribution in [0, 0.1) is 27.7 Å². The van der Waals surface area contributed by atoms with Crippen LogP contribution in [0.3, 0.4) is 0 Å². The van der Waals surface area contributed by atoms with Gasteiger partial charge in [0.15, 0.2) is 0 Å². The largest absolute Gasteiger partial charge is 0.255 e. The van der Waals surface area contributed by atoms with Gasteiger partial charge >= 0.3 is 0 Å². The van der Waals surface area contributed by atoms with Gasteiger partial charge in [0.1, 0.15) is 0 Å². The van der Waals surface area contributed by atoms with Gasteiger partial charge < -0.3 is 0 Å². The smallest absolute Gasteiger partial charge is 0.0900 e. The molecule has 0 amide bonds. The fourth-order valence-electron chi connectivity index (χ4n) is 9.39. The summed E-state index contributed by atoms with van der Waals surface area (Å²) in [7, 11) is 0. The second kappa shape index (κ2) is 31.9. The molecule has 90 heavy (non-hydrogen) atoms. The van der Waals surface area contributed by atoms with Gasteiger partial charge in [0.25, 0.3) is 0 Å². The zero-order valence-corrected chi connectivity index (χ0v) is 54.2. The minimum Gasteiger partial charge on any atom is -0.255 e. The molecule has 0 aliphatic heterocycles. The Hall–Kier alpha value is -10.6. The van der Waals surface area contributed by atoms with E-state index in [1.807, 2.05) is 170 Å². The number of hydrogen-bond acceptors (Lipinski definition) is 12. The number of aromatic nitrogens is 12. The van der Waals surface area contributed by atoms with E-state index in [4.69, 9.17) is 9.97 Å². The molecule has 0 saturated carbocycles. The number of aryl methyl sites for hydroxylation is 4. The summed E-state index contributed by atoms with van der Waals surface area (Å²) in [5.41, 5.74) is 23.1. The third-order valence-electron chi connectivity index (χ3n) is 13.8. The predicted molar refractivity (Wildman–Crippen MR) is 353 cm³/mol. The van der Waals surface area contributed by atoms with Crippen molar-refractivity contribution >= 4 is 0 Å². The van der Waals surface area contributed by atoms with Crippen LogP contribution in [0.4, 0.5) is 0 Å². The van der Waals surface area contributed by atoms with Crippen molar-refractivity contribution < 1.29 is 36.5 Å². The van der Waals surface area contributed by atoms with Crippen LogP contribution in [0.1, 0.15) is 22.3 Å². The number of pyridine rings is 12. The van der Waals surface area contributed by atoms with Gasteiger partial charge in [-0.1, -0.05) is 108 Å². The van der Waals surface area contributed by atoms with Gasteiger partial charge in [0.05, 0.1) is 91.1 Å². The summed E-state index contributed by atoms with van der Waals surface area (Å²) >= 11 is 0. The van der Waals surface area contributed by atoms with Crippen LogP contribution in [0.15, 0.2) is 292 Å². The van der Waals surface area contributed by atoms with Gasteiger partial charge in [-0.05, 0) is 207 Å². The third-order valence-corrected chi connectivity index (χ3v) is 13.8. The van der Waals surface area contributed by atoms with E-state index in [2.05, 4.69) is 150 Å². The standard InChI is InChI=1S/2C22H17N3.2C16H13N3.Fe.Zn/c2*1-16-8-10-17(11-9-16)18-14-21(19-6-2-4-12-23-19)25-22(15-18)20-7-3-5-13-24-20;2*1-12-10-15(13-6-2-4-8-17-13)19-16(11-12)14-7-3-5-9-18-14;;/h2*2-15H,1H3;2*2-11H,1H3;;. The van der Waals surface area contributed by atoms with Crippen LogP contribution in [0.2, 0.25) is 0 Å². The van der Waals surface area contributed by atoms with Crippen LogP contribution < -0.4 is 0 Å². The molecule has 0 saturated heterocycles. The SMILES string of the molecule is Cc1cc(-c2ccccn2)nc(-c2ccccn2)c1.Cc1cc(-c2ccccn2)nc(-c2ccccn2)c1.Cc1ccc(-c2cc(-c3ccccn3)nc(-c3ccccn3)c2)cc1.Cc1ccc(-c2cc(-c3ccccn3)nc(-c3ccccn3)c2)cc1.[Fe].[Zn]. The van der Waals surface area contributed by atoms with E-state index in [0.29, 0.717) is 0 Å². The first-order valence-corrected chi connectivity index (χ1v) is 28.7. The van der Waals surface area contributed by atoms with Crippen LogP contribution in [0.25, 0.3) is 113 Å². The molecule has 0 unspecified atom stereocenters. The molecule has 0 radical (unpaired) electrons. The maximum absolute atomic E-state index is 4.79. The van der Waals surface area contributed by atoms with Crippen molar-refractivity contribution in [3.05, 3.63) is 314 Å².